The summed E-state index contributed by atoms with van der Waals surface area (Å²) in [7, 11) is 0. The van der Waals surface area contributed by atoms with Crippen molar-refractivity contribution in [3.05, 3.63) is 170 Å². The zero-order valence-electron chi connectivity index (χ0n) is 25.4. The average molecular weight is 625 g/mol. The lowest BCUT2D eigenvalue weighted by Gasteiger charge is -2.39. The number of aromatic amines is 1. The number of ether oxygens (including phenoxy) is 1. The van der Waals surface area contributed by atoms with Crippen LogP contribution in [0.15, 0.2) is 131 Å². The van der Waals surface area contributed by atoms with Gasteiger partial charge in [-0.25, -0.2) is 9.36 Å². The average Bonchev–Trinajstić information content (AvgIpc) is 3.12. The largest absolute Gasteiger partial charge is 0.491 e. The SMILES string of the molecule is O=C(O)C(Cc1ccc(-n2c(=O)[nH]c3cnccc3c2=O)c2c1CCCO2)NC(c1ccccc1)(c1ccccc1)c1ccccc1. The maximum Gasteiger partial charge on any atom is 0.333 e. The minimum Gasteiger partial charge on any atom is -0.491 e. The van der Waals surface area contributed by atoms with E-state index >= 15 is 0 Å². The van der Waals surface area contributed by atoms with Gasteiger partial charge >= 0.3 is 11.7 Å². The maximum atomic E-state index is 13.5. The zero-order valence-corrected chi connectivity index (χ0v) is 25.4. The standard InChI is InChI=1S/C38H32N4O5/c43-35-30-20-21-39-24-32(30)40-37(46)42(35)33-19-18-25(29-17-10-22-47-34(29)33)23-31(36(44)45)41-38(26-11-4-1-5-12-26,27-13-6-2-7-14-27)28-15-8-3-9-16-28/h1-9,11-16,18-21,24,31,41H,10,17,22-23H2,(H,40,46)(H,44,45). The van der Waals surface area contributed by atoms with Crippen LogP contribution in [-0.4, -0.2) is 38.3 Å². The molecule has 1 aliphatic heterocycles. The summed E-state index contributed by atoms with van der Waals surface area (Å²) in [5.74, 6) is -0.595. The van der Waals surface area contributed by atoms with E-state index in [0.717, 1.165) is 32.4 Å². The molecule has 47 heavy (non-hydrogen) atoms. The Hall–Kier alpha value is -5.80. The third-order valence-electron chi connectivity index (χ3n) is 8.83. The van der Waals surface area contributed by atoms with Crippen molar-refractivity contribution in [3.63, 3.8) is 0 Å². The summed E-state index contributed by atoms with van der Waals surface area (Å²) in [4.78, 5) is 46.6. The Labute approximate surface area is 270 Å². The van der Waals surface area contributed by atoms with E-state index in [1.54, 1.807) is 18.2 Å². The molecule has 234 valence electrons. The molecular formula is C38H32N4O5. The number of nitrogens with zero attached hydrogens (tertiary/aromatic N) is 2. The molecule has 7 rings (SSSR count). The van der Waals surface area contributed by atoms with E-state index in [1.807, 2.05) is 91.0 Å². The van der Waals surface area contributed by atoms with Crippen LogP contribution in [0, 0.1) is 0 Å². The third kappa shape index (κ3) is 5.40. The Morgan fingerprint density at radius 1 is 0.894 bits per heavy atom. The molecule has 2 aromatic heterocycles. The molecule has 1 aliphatic rings. The molecule has 9 heteroatoms. The molecule has 0 saturated heterocycles. The van der Waals surface area contributed by atoms with E-state index in [-0.39, 0.29) is 6.42 Å². The van der Waals surface area contributed by atoms with Gasteiger partial charge in [-0.1, -0.05) is 97.1 Å². The summed E-state index contributed by atoms with van der Waals surface area (Å²) < 4.78 is 7.21. The smallest absolute Gasteiger partial charge is 0.333 e. The van der Waals surface area contributed by atoms with Gasteiger partial charge in [0.05, 0.1) is 34.9 Å². The summed E-state index contributed by atoms with van der Waals surface area (Å²) in [6.07, 6.45) is 4.39. The Bertz CT molecular complexity index is 2080. The monoisotopic (exact) mass is 624 g/mol. The molecule has 3 N–H and O–H groups in total. The number of pyridine rings is 1. The van der Waals surface area contributed by atoms with Gasteiger partial charge in [-0.05, 0) is 59.2 Å². The minimum absolute atomic E-state index is 0.129. The van der Waals surface area contributed by atoms with Crippen LogP contribution in [0.1, 0.15) is 34.2 Å². The molecular weight excluding hydrogens is 592 g/mol. The molecule has 0 spiro atoms. The highest BCUT2D eigenvalue weighted by Crippen LogP contribution is 2.39. The van der Waals surface area contributed by atoms with Crippen LogP contribution in [0.5, 0.6) is 5.75 Å². The lowest BCUT2D eigenvalue weighted by atomic mass is 9.76. The van der Waals surface area contributed by atoms with Crippen molar-refractivity contribution in [2.24, 2.45) is 0 Å². The fourth-order valence-corrected chi connectivity index (χ4v) is 6.66. The minimum atomic E-state index is -1.04. The number of aliphatic carboxylic acids is 1. The fourth-order valence-electron chi connectivity index (χ4n) is 6.66. The predicted octanol–water partition coefficient (Wildman–Crippen LogP) is 4.98. The van der Waals surface area contributed by atoms with Crippen LogP contribution in [0.2, 0.25) is 0 Å². The van der Waals surface area contributed by atoms with Gasteiger partial charge in [0.2, 0.25) is 0 Å². The topological polar surface area (TPSA) is 126 Å². The normalized spacial score (nSPS) is 13.4. The summed E-state index contributed by atoms with van der Waals surface area (Å²) in [6.45, 7) is 0.410. The van der Waals surface area contributed by atoms with Gasteiger partial charge in [0, 0.05) is 6.20 Å². The third-order valence-corrected chi connectivity index (χ3v) is 8.83. The molecule has 0 radical (unpaired) electrons. The molecule has 6 aromatic rings. The van der Waals surface area contributed by atoms with Crippen LogP contribution in [-0.2, 0) is 23.2 Å². The number of fused-ring (bicyclic) bond motifs is 2. The van der Waals surface area contributed by atoms with Crippen molar-refractivity contribution in [3.8, 4) is 11.4 Å². The molecule has 3 heterocycles. The van der Waals surface area contributed by atoms with Crippen molar-refractivity contribution in [1.82, 2.24) is 19.9 Å². The van der Waals surface area contributed by atoms with E-state index in [2.05, 4.69) is 15.3 Å². The number of H-pyrrole nitrogens is 1. The lowest BCUT2D eigenvalue weighted by Crippen LogP contribution is -2.53. The zero-order chi connectivity index (χ0) is 32.4. The second kappa shape index (κ2) is 12.5. The first-order valence-electron chi connectivity index (χ1n) is 15.5. The van der Waals surface area contributed by atoms with E-state index < -0.39 is 28.8 Å². The van der Waals surface area contributed by atoms with Crippen LogP contribution in [0.4, 0.5) is 0 Å². The Balaban J connectivity index is 1.35. The van der Waals surface area contributed by atoms with Crippen molar-refractivity contribution >= 4 is 16.9 Å². The summed E-state index contributed by atoms with van der Waals surface area (Å²) in [5, 5.41) is 14.7. The summed E-state index contributed by atoms with van der Waals surface area (Å²) in [6, 6.07) is 33.6. The van der Waals surface area contributed by atoms with Gasteiger partial charge in [0.1, 0.15) is 11.8 Å². The number of benzene rings is 4. The summed E-state index contributed by atoms with van der Waals surface area (Å²) in [5.41, 5.74) is 2.82. The molecule has 0 saturated carbocycles. The van der Waals surface area contributed by atoms with Crippen LogP contribution < -0.4 is 21.3 Å². The molecule has 1 unspecified atom stereocenters. The molecule has 0 aliphatic carbocycles. The number of rotatable bonds is 9. The Morgan fingerprint density at radius 2 is 1.51 bits per heavy atom. The highest BCUT2D eigenvalue weighted by atomic mass is 16.5. The van der Waals surface area contributed by atoms with Crippen molar-refractivity contribution in [2.45, 2.75) is 30.8 Å². The van der Waals surface area contributed by atoms with Crippen molar-refractivity contribution in [2.75, 3.05) is 6.61 Å². The molecule has 4 aromatic carbocycles. The predicted molar refractivity (Wildman–Crippen MR) is 179 cm³/mol. The van der Waals surface area contributed by atoms with Crippen LogP contribution >= 0.6 is 0 Å². The highest BCUT2D eigenvalue weighted by molar-refractivity contribution is 5.77. The summed E-state index contributed by atoms with van der Waals surface area (Å²) >= 11 is 0. The second-order valence-electron chi connectivity index (χ2n) is 11.6. The van der Waals surface area contributed by atoms with Crippen LogP contribution in [0.25, 0.3) is 16.6 Å². The van der Waals surface area contributed by atoms with E-state index in [0.29, 0.717) is 41.8 Å². The van der Waals surface area contributed by atoms with Crippen LogP contribution in [0.3, 0.4) is 0 Å². The number of hydrogen-bond donors (Lipinski definition) is 3. The Kier molecular flexibility index (Phi) is 7.97. The molecule has 0 bridgehead atoms. The highest BCUT2D eigenvalue weighted by Gasteiger charge is 2.40. The first-order chi connectivity index (χ1) is 23.0. The first kappa shape index (κ1) is 29.9. The van der Waals surface area contributed by atoms with E-state index in [9.17, 15) is 19.5 Å². The molecule has 1 atom stereocenters. The van der Waals surface area contributed by atoms with Gasteiger partial charge in [-0.15, -0.1) is 0 Å². The number of nitrogens with one attached hydrogen (secondary N) is 2. The van der Waals surface area contributed by atoms with E-state index in [4.69, 9.17) is 4.74 Å². The Morgan fingerprint density at radius 3 is 2.11 bits per heavy atom. The molecule has 9 nitrogen and oxygen atoms in total. The molecule has 0 fully saturated rings. The number of carbonyl (C=O) groups is 1. The lowest BCUT2D eigenvalue weighted by molar-refractivity contribution is -0.139. The van der Waals surface area contributed by atoms with Gasteiger partial charge < -0.3 is 14.8 Å². The quantitative estimate of drug-likeness (QED) is 0.194. The number of carboxylic acid groups (broad SMARTS) is 1. The number of carboxylic acids is 1. The van der Waals surface area contributed by atoms with Gasteiger partial charge in [0.15, 0.2) is 0 Å². The van der Waals surface area contributed by atoms with Gasteiger partial charge in [-0.3, -0.25) is 19.9 Å². The second-order valence-corrected chi connectivity index (χ2v) is 11.6. The number of aromatic nitrogens is 3. The fraction of sp³-hybridized carbons (Fsp3) is 0.158. The first-order valence-corrected chi connectivity index (χ1v) is 15.5. The van der Waals surface area contributed by atoms with Crippen molar-refractivity contribution < 1.29 is 14.6 Å². The van der Waals surface area contributed by atoms with Gasteiger partial charge in [-0.2, -0.15) is 0 Å². The van der Waals surface area contributed by atoms with E-state index in [1.165, 1.54) is 12.4 Å². The maximum absolute atomic E-state index is 13.5. The van der Waals surface area contributed by atoms with Gasteiger partial charge in [0.25, 0.3) is 5.56 Å². The van der Waals surface area contributed by atoms with Crippen molar-refractivity contribution in [1.29, 1.82) is 0 Å². The number of hydrogen-bond acceptors (Lipinski definition) is 6. The molecule has 0 amide bonds.